The molecule has 0 spiro atoms. The van der Waals surface area contributed by atoms with Gasteiger partial charge in [0, 0.05) is 15.1 Å². The molecule has 0 aliphatic carbocycles. The van der Waals surface area contributed by atoms with E-state index in [-0.39, 0.29) is 6.04 Å². The van der Waals surface area contributed by atoms with Gasteiger partial charge in [0.2, 0.25) is 0 Å². The molecule has 1 aromatic rings. The molecule has 3 N–H and O–H groups in total. The van der Waals surface area contributed by atoms with E-state index in [4.69, 9.17) is 5.84 Å². The van der Waals surface area contributed by atoms with Gasteiger partial charge >= 0.3 is 0 Å². The number of halogens is 2. The lowest BCUT2D eigenvalue weighted by Gasteiger charge is -2.10. The number of rotatable bonds is 2. The molecule has 1 rings (SSSR count). The topological polar surface area (TPSA) is 50.9 Å². The van der Waals surface area contributed by atoms with Gasteiger partial charge < -0.3 is 0 Å². The third kappa shape index (κ3) is 2.26. The molecule has 0 aromatic carbocycles. The average Bonchev–Trinajstić information content (AvgIpc) is 2.03. The van der Waals surface area contributed by atoms with Crippen LogP contribution in [0.5, 0.6) is 0 Å². The van der Waals surface area contributed by atoms with Crippen LogP contribution in [-0.4, -0.2) is 4.98 Å². The summed E-state index contributed by atoms with van der Waals surface area (Å²) in [5.41, 5.74) is 3.54. The highest BCUT2D eigenvalue weighted by Crippen LogP contribution is 2.23. The van der Waals surface area contributed by atoms with Crippen LogP contribution in [0.1, 0.15) is 18.7 Å². The molecule has 5 heteroatoms. The summed E-state index contributed by atoms with van der Waals surface area (Å²) in [6, 6.07) is 1.99. The van der Waals surface area contributed by atoms with Crippen LogP contribution in [-0.2, 0) is 0 Å². The van der Waals surface area contributed by atoms with Crippen molar-refractivity contribution in [3.8, 4) is 0 Å². The molecule has 1 heterocycles. The maximum atomic E-state index is 5.29. The molecule has 0 saturated heterocycles. The van der Waals surface area contributed by atoms with E-state index in [1.807, 2.05) is 13.0 Å². The summed E-state index contributed by atoms with van der Waals surface area (Å²) in [4.78, 5) is 4.21. The third-order valence-electron chi connectivity index (χ3n) is 1.50. The zero-order chi connectivity index (χ0) is 9.14. The van der Waals surface area contributed by atoms with E-state index in [0.717, 1.165) is 14.6 Å². The number of hydrogen-bond donors (Lipinski definition) is 2. The first-order valence-electron chi connectivity index (χ1n) is 3.42. The van der Waals surface area contributed by atoms with Crippen molar-refractivity contribution < 1.29 is 0 Å². The number of aromatic nitrogens is 1. The van der Waals surface area contributed by atoms with Crippen LogP contribution in [0.3, 0.4) is 0 Å². The molecular formula is C7H9Br2N3. The average molecular weight is 295 g/mol. The van der Waals surface area contributed by atoms with Crippen molar-refractivity contribution in [1.82, 2.24) is 10.4 Å². The lowest BCUT2D eigenvalue weighted by molar-refractivity contribution is 0.584. The van der Waals surface area contributed by atoms with E-state index in [2.05, 4.69) is 42.3 Å². The van der Waals surface area contributed by atoms with Gasteiger partial charge in [-0.1, -0.05) is 0 Å². The van der Waals surface area contributed by atoms with Crippen molar-refractivity contribution in [2.45, 2.75) is 13.0 Å². The van der Waals surface area contributed by atoms with Gasteiger partial charge in [-0.05, 0) is 44.8 Å². The first-order chi connectivity index (χ1) is 5.65. The molecule has 0 bridgehead atoms. The second kappa shape index (κ2) is 4.32. The largest absolute Gasteiger partial charge is 0.271 e. The van der Waals surface area contributed by atoms with E-state index in [1.165, 1.54) is 0 Å². The Hall–Kier alpha value is 0.0300. The molecule has 66 valence electrons. The first-order valence-corrected chi connectivity index (χ1v) is 5.01. The summed E-state index contributed by atoms with van der Waals surface area (Å²) < 4.78 is 1.89. The fraction of sp³-hybridized carbons (Fsp3) is 0.286. The molecule has 0 fully saturated rings. The number of nitrogens with zero attached hydrogens (tertiary/aromatic N) is 1. The van der Waals surface area contributed by atoms with Crippen molar-refractivity contribution in [3.05, 3.63) is 26.9 Å². The molecule has 0 radical (unpaired) electrons. The molecule has 3 nitrogen and oxygen atoms in total. The van der Waals surface area contributed by atoms with Gasteiger partial charge in [-0.3, -0.25) is 16.3 Å². The summed E-state index contributed by atoms with van der Waals surface area (Å²) in [5, 5.41) is 0. The Bertz CT molecular complexity index is 277. The van der Waals surface area contributed by atoms with Crippen LogP contribution in [0.2, 0.25) is 0 Å². The zero-order valence-corrected chi connectivity index (χ0v) is 9.68. The van der Waals surface area contributed by atoms with Crippen LogP contribution < -0.4 is 11.3 Å². The van der Waals surface area contributed by atoms with Gasteiger partial charge in [-0.15, -0.1) is 0 Å². The molecular weight excluding hydrogens is 286 g/mol. The summed E-state index contributed by atoms with van der Waals surface area (Å²) in [6.07, 6.45) is 1.74. The van der Waals surface area contributed by atoms with Crippen molar-refractivity contribution in [3.63, 3.8) is 0 Å². The highest BCUT2D eigenvalue weighted by molar-refractivity contribution is 9.11. The SMILES string of the molecule is CC(NN)c1ncc(Br)cc1Br. The normalized spacial score (nSPS) is 13.0. The quantitative estimate of drug-likeness (QED) is 0.649. The van der Waals surface area contributed by atoms with Gasteiger partial charge in [0.05, 0.1) is 11.7 Å². The van der Waals surface area contributed by atoms with E-state index in [9.17, 15) is 0 Å². The summed E-state index contributed by atoms with van der Waals surface area (Å²) >= 11 is 6.72. The summed E-state index contributed by atoms with van der Waals surface area (Å²) in [6.45, 7) is 1.95. The molecule has 1 atom stereocenters. The van der Waals surface area contributed by atoms with Gasteiger partial charge in [-0.25, -0.2) is 0 Å². The van der Waals surface area contributed by atoms with Gasteiger partial charge in [0.1, 0.15) is 0 Å². The minimum atomic E-state index is 0.0486. The monoisotopic (exact) mass is 293 g/mol. The molecule has 0 aliphatic rings. The number of hydrazine groups is 1. The Labute approximate surface area is 88.0 Å². The number of nitrogens with two attached hydrogens (primary N) is 1. The van der Waals surface area contributed by atoms with Crippen LogP contribution in [0.15, 0.2) is 21.2 Å². The fourth-order valence-corrected chi connectivity index (χ4v) is 2.15. The lowest BCUT2D eigenvalue weighted by Crippen LogP contribution is -2.26. The Kier molecular flexibility index (Phi) is 3.64. The lowest BCUT2D eigenvalue weighted by atomic mass is 10.2. The van der Waals surface area contributed by atoms with Crippen molar-refractivity contribution in [2.75, 3.05) is 0 Å². The highest BCUT2D eigenvalue weighted by atomic mass is 79.9. The molecule has 0 amide bonds. The van der Waals surface area contributed by atoms with Gasteiger partial charge in [-0.2, -0.15) is 0 Å². The van der Waals surface area contributed by atoms with Crippen LogP contribution in [0, 0.1) is 0 Å². The predicted octanol–water partition coefficient (Wildman–Crippen LogP) is 2.13. The highest BCUT2D eigenvalue weighted by Gasteiger charge is 2.08. The minimum absolute atomic E-state index is 0.0486. The van der Waals surface area contributed by atoms with Crippen molar-refractivity contribution in [1.29, 1.82) is 0 Å². The minimum Gasteiger partial charge on any atom is -0.271 e. The molecule has 0 saturated carbocycles. The van der Waals surface area contributed by atoms with Crippen molar-refractivity contribution >= 4 is 31.9 Å². The van der Waals surface area contributed by atoms with Gasteiger partial charge in [0.15, 0.2) is 0 Å². The number of nitrogens with one attached hydrogen (secondary N) is 1. The van der Waals surface area contributed by atoms with Crippen LogP contribution >= 0.6 is 31.9 Å². The van der Waals surface area contributed by atoms with Crippen LogP contribution in [0.25, 0.3) is 0 Å². The second-order valence-corrected chi connectivity index (χ2v) is 4.18. The molecule has 1 unspecified atom stereocenters. The fourth-order valence-electron chi connectivity index (χ4n) is 0.823. The molecule has 0 aliphatic heterocycles. The Balaban J connectivity index is 3.01. The Morgan fingerprint density at radius 3 is 2.75 bits per heavy atom. The standard InChI is InChI=1S/C7H9Br2N3/c1-4(12-10)7-6(9)2-5(8)3-11-7/h2-4,12H,10H2,1H3. The van der Waals surface area contributed by atoms with Crippen molar-refractivity contribution in [2.24, 2.45) is 5.84 Å². The van der Waals surface area contributed by atoms with E-state index >= 15 is 0 Å². The maximum Gasteiger partial charge on any atom is 0.0726 e. The Morgan fingerprint density at radius 2 is 2.25 bits per heavy atom. The van der Waals surface area contributed by atoms with E-state index in [0.29, 0.717) is 0 Å². The molecule has 12 heavy (non-hydrogen) atoms. The summed E-state index contributed by atoms with van der Waals surface area (Å²) in [5.74, 6) is 5.29. The third-order valence-corrected chi connectivity index (χ3v) is 2.57. The molecule has 1 aromatic heterocycles. The predicted molar refractivity (Wildman–Crippen MR) is 55.4 cm³/mol. The smallest absolute Gasteiger partial charge is 0.0726 e. The summed E-state index contributed by atoms with van der Waals surface area (Å²) in [7, 11) is 0. The number of hydrogen-bond acceptors (Lipinski definition) is 3. The van der Waals surface area contributed by atoms with E-state index < -0.39 is 0 Å². The first kappa shape index (κ1) is 10.1. The zero-order valence-electron chi connectivity index (χ0n) is 6.51. The second-order valence-electron chi connectivity index (χ2n) is 2.41. The maximum absolute atomic E-state index is 5.29. The Morgan fingerprint density at radius 1 is 1.58 bits per heavy atom. The number of pyridine rings is 1. The van der Waals surface area contributed by atoms with Gasteiger partial charge in [0.25, 0.3) is 0 Å². The van der Waals surface area contributed by atoms with E-state index in [1.54, 1.807) is 6.20 Å². The van der Waals surface area contributed by atoms with Crippen LogP contribution in [0.4, 0.5) is 0 Å².